The fraction of sp³-hybridized carbons (Fsp3) is 0.800. The molecule has 0 aromatic carbocycles. The highest BCUT2D eigenvalue weighted by molar-refractivity contribution is 4.83. The van der Waals surface area contributed by atoms with Gasteiger partial charge in [0.15, 0.2) is 0 Å². The maximum atomic E-state index is 2.45. The maximum Gasteiger partial charge on any atom is 0.256 e. The van der Waals surface area contributed by atoms with Gasteiger partial charge in [0.2, 0.25) is 0 Å². The minimum Gasteiger partial charge on any atom is -0.237 e. The zero-order valence-corrected chi connectivity index (χ0v) is 11.9. The summed E-state index contributed by atoms with van der Waals surface area (Å²) in [7, 11) is 2.17. The van der Waals surface area contributed by atoms with Crippen molar-refractivity contribution in [2.75, 3.05) is 0 Å². The predicted octanol–water partition coefficient (Wildman–Crippen LogP) is 3.63. The molecule has 2 heteroatoms. The van der Waals surface area contributed by atoms with Crippen LogP contribution in [0.1, 0.15) is 64.6 Å². The molecular formula is C15H29N2+. The normalized spacial score (nSPS) is 11.0. The van der Waals surface area contributed by atoms with Crippen molar-refractivity contribution >= 4 is 0 Å². The molecule has 0 radical (unpaired) electrons. The molecule has 0 fully saturated rings. The standard InChI is InChI=1S/C15H29N2/c1-4-6-8-9-10-12-17-14-13-16(3)15(17)11-7-5-2/h13-14H,4-12H2,1-3H3/q+1. The largest absolute Gasteiger partial charge is 0.256 e. The number of imidazole rings is 1. The Kier molecular flexibility index (Phi) is 6.99. The fourth-order valence-electron chi connectivity index (χ4n) is 2.30. The lowest BCUT2D eigenvalue weighted by Gasteiger charge is -2.02. The molecule has 0 aliphatic rings. The molecule has 17 heavy (non-hydrogen) atoms. The molecule has 0 unspecified atom stereocenters. The molecule has 0 aliphatic heterocycles. The first kappa shape index (κ1) is 14.3. The second-order valence-corrected chi connectivity index (χ2v) is 5.04. The molecule has 0 bridgehead atoms. The molecule has 0 atom stereocenters. The highest BCUT2D eigenvalue weighted by Gasteiger charge is 2.12. The molecule has 1 rings (SSSR count). The van der Waals surface area contributed by atoms with Gasteiger partial charge in [0.25, 0.3) is 5.82 Å². The van der Waals surface area contributed by atoms with E-state index in [4.69, 9.17) is 0 Å². The Labute approximate surface area is 107 Å². The van der Waals surface area contributed by atoms with E-state index in [0.29, 0.717) is 0 Å². The summed E-state index contributed by atoms with van der Waals surface area (Å²) in [5.74, 6) is 1.49. The molecular weight excluding hydrogens is 208 g/mol. The summed E-state index contributed by atoms with van der Waals surface area (Å²) in [5.41, 5.74) is 0. The van der Waals surface area contributed by atoms with Gasteiger partial charge >= 0.3 is 0 Å². The summed E-state index contributed by atoms with van der Waals surface area (Å²) in [6.45, 7) is 5.73. The van der Waals surface area contributed by atoms with Crippen LogP contribution >= 0.6 is 0 Å². The smallest absolute Gasteiger partial charge is 0.237 e. The van der Waals surface area contributed by atoms with Gasteiger partial charge in [-0.15, -0.1) is 0 Å². The van der Waals surface area contributed by atoms with Crippen LogP contribution in [-0.2, 0) is 20.0 Å². The summed E-state index contributed by atoms with van der Waals surface area (Å²) in [6, 6.07) is 0. The van der Waals surface area contributed by atoms with Crippen molar-refractivity contribution < 1.29 is 4.57 Å². The number of aromatic nitrogens is 2. The zero-order chi connectivity index (χ0) is 12.5. The van der Waals surface area contributed by atoms with Gasteiger partial charge in [-0.1, -0.05) is 39.5 Å². The van der Waals surface area contributed by atoms with Crippen molar-refractivity contribution in [3.05, 3.63) is 18.2 Å². The maximum absolute atomic E-state index is 2.45. The Bertz CT molecular complexity index is 302. The molecule has 1 aromatic heterocycles. The summed E-state index contributed by atoms with van der Waals surface area (Å²) in [5, 5.41) is 0. The third kappa shape index (κ3) is 4.93. The Morgan fingerprint density at radius 1 is 1.00 bits per heavy atom. The number of nitrogens with zero attached hydrogens (tertiary/aromatic N) is 2. The van der Waals surface area contributed by atoms with Gasteiger partial charge in [-0.25, -0.2) is 9.13 Å². The van der Waals surface area contributed by atoms with E-state index in [-0.39, 0.29) is 0 Å². The summed E-state index contributed by atoms with van der Waals surface area (Å²) in [4.78, 5) is 0. The van der Waals surface area contributed by atoms with Crippen molar-refractivity contribution in [2.24, 2.45) is 7.05 Å². The van der Waals surface area contributed by atoms with Crippen molar-refractivity contribution in [3.8, 4) is 0 Å². The highest BCUT2D eigenvalue weighted by atomic mass is 15.1. The lowest BCUT2D eigenvalue weighted by Crippen LogP contribution is -2.32. The van der Waals surface area contributed by atoms with Gasteiger partial charge < -0.3 is 0 Å². The van der Waals surface area contributed by atoms with Crippen LogP contribution in [-0.4, -0.2) is 4.57 Å². The minimum atomic E-state index is 1.20. The van der Waals surface area contributed by atoms with E-state index in [1.54, 1.807) is 0 Å². The molecule has 0 aliphatic carbocycles. The van der Waals surface area contributed by atoms with E-state index in [0.717, 1.165) is 0 Å². The second-order valence-electron chi connectivity index (χ2n) is 5.04. The lowest BCUT2D eigenvalue weighted by molar-refractivity contribution is -0.678. The van der Waals surface area contributed by atoms with Gasteiger partial charge in [0.05, 0.1) is 13.6 Å². The van der Waals surface area contributed by atoms with Gasteiger partial charge in [-0.2, -0.15) is 0 Å². The molecule has 0 spiro atoms. The molecule has 1 aromatic rings. The van der Waals surface area contributed by atoms with Gasteiger partial charge in [-0.05, 0) is 19.3 Å². The Morgan fingerprint density at radius 2 is 1.71 bits per heavy atom. The average molecular weight is 237 g/mol. The molecule has 0 amide bonds. The first-order valence-corrected chi connectivity index (χ1v) is 7.33. The summed E-state index contributed by atoms with van der Waals surface area (Å²) >= 11 is 0. The number of hydrogen-bond acceptors (Lipinski definition) is 0. The van der Waals surface area contributed by atoms with E-state index in [9.17, 15) is 0 Å². The average Bonchev–Trinajstić information content (AvgIpc) is 2.68. The SMILES string of the molecule is CCCCCCCn1cc[n+](C)c1CCCC. The van der Waals surface area contributed by atoms with Gasteiger partial charge in [0, 0.05) is 6.42 Å². The first-order chi connectivity index (χ1) is 8.29. The molecule has 0 saturated heterocycles. The number of unbranched alkanes of at least 4 members (excludes halogenated alkanes) is 5. The van der Waals surface area contributed by atoms with Crippen LogP contribution in [0.5, 0.6) is 0 Å². The van der Waals surface area contributed by atoms with E-state index < -0.39 is 0 Å². The quantitative estimate of drug-likeness (QED) is 0.458. The summed E-state index contributed by atoms with van der Waals surface area (Å²) < 4.78 is 4.73. The molecule has 2 nitrogen and oxygen atoms in total. The highest BCUT2D eigenvalue weighted by Crippen LogP contribution is 2.07. The van der Waals surface area contributed by atoms with Crippen LogP contribution < -0.4 is 4.57 Å². The third-order valence-electron chi connectivity index (χ3n) is 3.47. The van der Waals surface area contributed by atoms with Crippen LogP contribution in [0.15, 0.2) is 12.4 Å². The van der Waals surface area contributed by atoms with Crippen molar-refractivity contribution in [1.82, 2.24) is 4.57 Å². The Hall–Kier alpha value is -0.790. The summed E-state index contributed by atoms with van der Waals surface area (Å²) in [6.07, 6.45) is 15.1. The Balaban J connectivity index is 2.36. The topological polar surface area (TPSA) is 8.81 Å². The van der Waals surface area contributed by atoms with Crippen LogP contribution in [0.4, 0.5) is 0 Å². The van der Waals surface area contributed by atoms with E-state index in [1.807, 2.05) is 0 Å². The van der Waals surface area contributed by atoms with Crippen LogP contribution in [0.25, 0.3) is 0 Å². The molecule has 0 saturated carbocycles. The van der Waals surface area contributed by atoms with E-state index in [2.05, 4.69) is 42.4 Å². The van der Waals surface area contributed by atoms with Crippen molar-refractivity contribution in [3.63, 3.8) is 0 Å². The van der Waals surface area contributed by atoms with Crippen molar-refractivity contribution in [1.29, 1.82) is 0 Å². The minimum absolute atomic E-state index is 1.20. The third-order valence-corrected chi connectivity index (χ3v) is 3.47. The molecule has 98 valence electrons. The Morgan fingerprint density at radius 3 is 2.41 bits per heavy atom. The number of aryl methyl sites for hydroxylation is 2. The molecule has 1 heterocycles. The van der Waals surface area contributed by atoms with Crippen LogP contribution in [0.3, 0.4) is 0 Å². The van der Waals surface area contributed by atoms with Crippen LogP contribution in [0, 0.1) is 0 Å². The number of hydrogen-bond donors (Lipinski definition) is 0. The zero-order valence-electron chi connectivity index (χ0n) is 11.9. The lowest BCUT2D eigenvalue weighted by atomic mass is 10.1. The van der Waals surface area contributed by atoms with Gasteiger partial charge in [-0.3, -0.25) is 0 Å². The number of rotatable bonds is 9. The second kappa shape index (κ2) is 8.32. The van der Waals surface area contributed by atoms with Gasteiger partial charge in [0.1, 0.15) is 12.4 Å². The van der Waals surface area contributed by atoms with Crippen molar-refractivity contribution in [2.45, 2.75) is 71.8 Å². The van der Waals surface area contributed by atoms with E-state index >= 15 is 0 Å². The predicted molar refractivity (Wildman–Crippen MR) is 73.0 cm³/mol. The van der Waals surface area contributed by atoms with E-state index in [1.165, 1.54) is 63.7 Å². The first-order valence-electron chi connectivity index (χ1n) is 7.33. The molecule has 0 N–H and O–H groups in total. The van der Waals surface area contributed by atoms with Crippen LogP contribution in [0.2, 0.25) is 0 Å². The fourth-order valence-corrected chi connectivity index (χ4v) is 2.30. The monoisotopic (exact) mass is 237 g/mol.